The molecule has 0 fully saturated rings. The zero-order valence-corrected chi connectivity index (χ0v) is 78.4. The van der Waals surface area contributed by atoms with Crippen molar-refractivity contribution >= 4 is 208 Å². The Bertz CT molecular complexity index is 8420. The van der Waals surface area contributed by atoms with Crippen LogP contribution in [0.2, 0.25) is 0 Å². The van der Waals surface area contributed by atoms with Crippen molar-refractivity contribution in [3.05, 3.63) is 331 Å². The summed E-state index contributed by atoms with van der Waals surface area (Å²) in [7, 11) is 0. The number of hydrogen-bond acceptors (Lipinski definition) is 6. The molecule has 0 unspecified atom stereocenters. The predicted molar refractivity (Wildman–Crippen MR) is 558 cm³/mol. The molecule has 22 aromatic rings. The number of furan rings is 2. The molecule has 0 N–H and O–H groups in total. The Balaban J connectivity index is 0.851. The molecular formula is C120H103BN4O2S2. The van der Waals surface area contributed by atoms with Crippen molar-refractivity contribution in [1.29, 1.82) is 0 Å². The molecule has 6 aromatic heterocycles. The SMILES string of the molecule is CC(C)(C)c1cc(-c2ccc3c(c2)B2c4ccc(-n5c6ccc(C(C)(C)C)cc6c6cc(C(C)(C)C)ccc65)cc4N(c4cccc5c4oc4c(-c6cccc7sc8ccccc8c67)cccc45)c4cc(-n5c6ccc(C(C)(C)C)cc6c6cc(C(C)(C)C)ccc65)cc(c42)N3c2cccc3c2oc2c(-c4ccc5sc6ccccc6c5c4)cccc23)cc(C(C)(C)C)c1. The molecule has 0 radical (unpaired) electrons. The largest absolute Gasteiger partial charge is 0.453 e. The number of fused-ring (bicyclic) bond motifs is 22. The summed E-state index contributed by atoms with van der Waals surface area (Å²) in [6, 6.07) is 115. The van der Waals surface area contributed by atoms with Gasteiger partial charge in [-0.2, -0.15) is 0 Å². The van der Waals surface area contributed by atoms with Crippen LogP contribution in [-0.2, 0) is 32.5 Å². The zero-order chi connectivity index (χ0) is 88.5. The maximum absolute atomic E-state index is 8.04. The second-order valence-electron chi connectivity index (χ2n) is 42.9. The van der Waals surface area contributed by atoms with E-state index in [0.29, 0.717) is 0 Å². The van der Waals surface area contributed by atoms with Gasteiger partial charge >= 0.3 is 0 Å². The Labute approximate surface area is 762 Å². The molecule has 2 aliphatic rings. The lowest BCUT2D eigenvalue weighted by atomic mass is 9.33. The zero-order valence-electron chi connectivity index (χ0n) is 76.8. The van der Waals surface area contributed by atoms with Crippen LogP contribution in [0.25, 0.3) is 173 Å². The van der Waals surface area contributed by atoms with Gasteiger partial charge in [-0.3, -0.25) is 0 Å². The van der Waals surface area contributed by atoms with Gasteiger partial charge in [0.05, 0.1) is 39.1 Å². The molecule has 0 saturated carbocycles. The first-order valence-electron chi connectivity index (χ1n) is 45.9. The van der Waals surface area contributed by atoms with Crippen molar-refractivity contribution in [2.75, 3.05) is 9.80 Å². The summed E-state index contributed by atoms with van der Waals surface area (Å²) in [5, 5.41) is 14.2. The minimum atomic E-state index is -0.348. The van der Waals surface area contributed by atoms with Gasteiger partial charge in [-0.1, -0.05) is 301 Å². The van der Waals surface area contributed by atoms with Gasteiger partial charge < -0.3 is 27.8 Å². The molecule has 6 nitrogen and oxygen atoms in total. The van der Waals surface area contributed by atoms with E-state index in [1.165, 1.54) is 117 Å². The quantitative estimate of drug-likeness (QED) is 0.149. The highest BCUT2D eigenvalue weighted by molar-refractivity contribution is 7.26. The van der Waals surface area contributed by atoms with Crippen molar-refractivity contribution in [3.63, 3.8) is 0 Å². The molecule has 0 bridgehead atoms. The van der Waals surface area contributed by atoms with Crippen LogP contribution in [0.4, 0.5) is 34.1 Å². The molecule has 0 aliphatic carbocycles. The molecule has 24 rings (SSSR count). The fraction of sp³-hybridized carbons (Fsp3) is 0.200. The summed E-state index contributed by atoms with van der Waals surface area (Å²) in [4.78, 5) is 5.25. The van der Waals surface area contributed by atoms with Crippen molar-refractivity contribution in [2.45, 2.75) is 157 Å². The third-order valence-corrected chi connectivity index (χ3v) is 30.7. The van der Waals surface area contributed by atoms with Crippen LogP contribution in [0.15, 0.2) is 306 Å². The number of benzene rings is 16. The van der Waals surface area contributed by atoms with Crippen LogP contribution in [-0.4, -0.2) is 15.8 Å². The summed E-state index contributed by atoms with van der Waals surface area (Å²) in [5.41, 5.74) is 33.5. The van der Waals surface area contributed by atoms with E-state index in [1.807, 2.05) is 22.7 Å². The van der Waals surface area contributed by atoms with Gasteiger partial charge in [0, 0.05) is 123 Å². The number of aromatic nitrogens is 2. The topological polar surface area (TPSA) is 42.6 Å². The fourth-order valence-electron chi connectivity index (χ4n) is 21.4. The van der Waals surface area contributed by atoms with E-state index in [9.17, 15) is 0 Å². The lowest BCUT2D eigenvalue weighted by molar-refractivity contribution is 0.569. The minimum Gasteiger partial charge on any atom is -0.453 e. The number of nitrogens with zero attached hydrogens (tertiary/aromatic N) is 4. The van der Waals surface area contributed by atoms with Crippen LogP contribution in [0, 0.1) is 0 Å². The van der Waals surface area contributed by atoms with E-state index in [4.69, 9.17) is 8.83 Å². The lowest BCUT2D eigenvalue weighted by Gasteiger charge is -2.44. The minimum absolute atomic E-state index is 0.0932. The first-order valence-corrected chi connectivity index (χ1v) is 47.5. The molecular weight excluding hydrogens is 1600 g/mol. The Kier molecular flexibility index (Phi) is 17.0. The number of para-hydroxylation sites is 4. The van der Waals surface area contributed by atoms with Gasteiger partial charge in [-0.15, -0.1) is 22.7 Å². The Morgan fingerprint density at radius 1 is 0.233 bits per heavy atom. The Hall–Kier alpha value is -13.2. The van der Waals surface area contributed by atoms with Crippen LogP contribution < -0.4 is 26.2 Å². The predicted octanol–water partition coefficient (Wildman–Crippen LogP) is 33.3. The van der Waals surface area contributed by atoms with Crippen LogP contribution >= 0.6 is 22.7 Å². The van der Waals surface area contributed by atoms with Crippen molar-refractivity contribution in [3.8, 4) is 44.8 Å². The molecule has 129 heavy (non-hydrogen) atoms. The molecule has 0 atom stereocenters. The standard InChI is InChI=1S/C120H103BN4O2S2/c1-115(2,3)71-44-51-95-88(61-71)89-62-72(116(4,5)6)45-52-96(89)122(95)77-48-49-93-102(65-77)125(101-38-26-36-86-84-34-24-32-82(112(84)127-114(86)101)81-31-27-41-108-109(81)87-29-20-22-40-106(87)129-108)104-67-78(123-97-53-46-73(117(7,8)9)63-90(97)91-64-74(118(10,11)12)47-54-98(91)123)66-103-110(104)121(93)94-59-68(70-56-75(119(13,14)15)60-76(57-70)120(16,17)18)42-50-99(94)124(103)100-37-25-35-85-83-33-23-30-79(111(83)126-113(85)100)69-43-55-107-92(58-69)80-28-19-21-39-105(80)128-107/h19-67H,1-18H3. The van der Waals surface area contributed by atoms with Crippen molar-refractivity contribution in [1.82, 2.24) is 9.13 Å². The average Bonchev–Trinajstić information content (AvgIpc) is 1.57. The van der Waals surface area contributed by atoms with Crippen LogP contribution in [0.1, 0.15) is 158 Å². The third-order valence-electron chi connectivity index (χ3n) is 28.4. The van der Waals surface area contributed by atoms with E-state index in [0.717, 1.165) is 139 Å². The number of thiophene rings is 2. The van der Waals surface area contributed by atoms with Gasteiger partial charge in [0.25, 0.3) is 6.71 Å². The monoisotopic (exact) mass is 1710 g/mol. The highest BCUT2D eigenvalue weighted by Crippen LogP contribution is 2.55. The molecule has 0 spiro atoms. The van der Waals surface area contributed by atoms with Gasteiger partial charge in [0.2, 0.25) is 0 Å². The molecule has 0 amide bonds. The summed E-state index contributed by atoms with van der Waals surface area (Å²) >= 11 is 3.70. The summed E-state index contributed by atoms with van der Waals surface area (Å²) < 4.78 is 26.2. The molecule has 16 aromatic carbocycles. The van der Waals surface area contributed by atoms with Crippen LogP contribution in [0.5, 0.6) is 0 Å². The van der Waals surface area contributed by atoms with Crippen molar-refractivity contribution in [2.24, 2.45) is 0 Å². The van der Waals surface area contributed by atoms with Gasteiger partial charge in [0.15, 0.2) is 11.2 Å². The van der Waals surface area contributed by atoms with E-state index in [2.05, 4.69) is 441 Å². The smallest absolute Gasteiger partial charge is 0.252 e. The lowest BCUT2D eigenvalue weighted by Crippen LogP contribution is -2.61. The van der Waals surface area contributed by atoms with Crippen LogP contribution in [0.3, 0.4) is 0 Å². The Morgan fingerprint density at radius 2 is 0.643 bits per heavy atom. The first-order chi connectivity index (χ1) is 61.7. The van der Waals surface area contributed by atoms with E-state index >= 15 is 0 Å². The third kappa shape index (κ3) is 12.2. The second-order valence-corrected chi connectivity index (χ2v) is 45.0. The number of rotatable bonds is 7. The highest BCUT2D eigenvalue weighted by atomic mass is 32.1. The molecule has 0 saturated heterocycles. The van der Waals surface area contributed by atoms with E-state index < -0.39 is 0 Å². The average molecular weight is 1710 g/mol. The van der Waals surface area contributed by atoms with Gasteiger partial charge in [-0.25, -0.2) is 0 Å². The van der Waals surface area contributed by atoms with Crippen molar-refractivity contribution < 1.29 is 8.83 Å². The molecule has 9 heteroatoms. The maximum atomic E-state index is 8.04. The van der Waals surface area contributed by atoms with Gasteiger partial charge in [0.1, 0.15) is 11.2 Å². The Morgan fingerprint density at radius 3 is 1.18 bits per heavy atom. The molecule has 2 aliphatic heterocycles. The fourth-order valence-corrected chi connectivity index (χ4v) is 23.6. The summed E-state index contributed by atoms with van der Waals surface area (Å²) in [5.74, 6) is 0. The first kappa shape index (κ1) is 79.2. The maximum Gasteiger partial charge on any atom is 0.252 e. The number of anilines is 6. The van der Waals surface area contributed by atoms with E-state index in [1.54, 1.807) is 0 Å². The summed E-state index contributed by atoms with van der Waals surface area (Å²) in [6.45, 7) is 41.9. The number of hydrogen-bond donors (Lipinski definition) is 0. The molecule has 8 heterocycles. The van der Waals surface area contributed by atoms with Gasteiger partial charge in [-0.05, 0) is 226 Å². The molecule has 630 valence electrons. The highest BCUT2D eigenvalue weighted by Gasteiger charge is 2.46. The normalized spacial score (nSPS) is 13.6. The second kappa shape index (κ2) is 27.7. The summed E-state index contributed by atoms with van der Waals surface area (Å²) in [6.07, 6.45) is 0. The van der Waals surface area contributed by atoms with E-state index in [-0.39, 0.29) is 39.2 Å².